The van der Waals surface area contributed by atoms with Gasteiger partial charge in [0.1, 0.15) is 11.6 Å². The summed E-state index contributed by atoms with van der Waals surface area (Å²) < 4.78 is 8.26. The maximum Gasteiger partial charge on any atom is 0.223 e. The van der Waals surface area contributed by atoms with Gasteiger partial charge < -0.3 is 14.2 Å². The first kappa shape index (κ1) is 21.3. The number of aryl methyl sites for hydroxylation is 2. The van der Waals surface area contributed by atoms with Crippen molar-refractivity contribution in [2.24, 2.45) is 0 Å². The minimum absolute atomic E-state index is 0.103. The number of likely N-dealkylation sites (tertiary alicyclic amines) is 1. The number of carbonyl (C=O) groups excluding carboxylic acids is 1. The molecular formula is C28H29N3O2. The number of ether oxygens (including phenoxy) is 1. The van der Waals surface area contributed by atoms with E-state index in [0.717, 1.165) is 41.1 Å². The predicted molar refractivity (Wildman–Crippen MR) is 130 cm³/mol. The number of para-hydroxylation sites is 2. The van der Waals surface area contributed by atoms with E-state index in [0.29, 0.717) is 26.1 Å². The Balaban J connectivity index is 1.31. The highest BCUT2D eigenvalue weighted by Gasteiger charge is 2.33. The van der Waals surface area contributed by atoms with Crippen molar-refractivity contribution in [3.8, 4) is 5.75 Å². The predicted octanol–water partition coefficient (Wildman–Crippen LogP) is 5.33. The molecule has 3 aromatic carbocycles. The Morgan fingerprint density at radius 3 is 2.67 bits per heavy atom. The molecule has 33 heavy (non-hydrogen) atoms. The number of aromatic nitrogens is 2. The molecule has 1 aromatic heterocycles. The first-order chi connectivity index (χ1) is 16.2. The lowest BCUT2D eigenvalue weighted by Crippen LogP contribution is -2.24. The molecule has 5 rings (SSSR count). The lowest BCUT2D eigenvalue weighted by atomic mass is 10.1. The van der Waals surface area contributed by atoms with Crippen LogP contribution >= 0.6 is 0 Å². The summed E-state index contributed by atoms with van der Waals surface area (Å²) in [6.07, 6.45) is 1.38. The number of carbonyl (C=O) groups is 1. The Labute approximate surface area is 194 Å². The third-order valence-electron chi connectivity index (χ3n) is 6.26. The Bertz CT molecular complexity index is 1250. The molecule has 1 atom stereocenters. The fourth-order valence-corrected chi connectivity index (χ4v) is 4.66. The zero-order valence-corrected chi connectivity index (χ0v) is 19.0. The van der Waals surface area contributed by atoms with Crippen molar-refractivity contribution in [1.29, 1.82) is 0 Å². The van der Waals surface area contributed by atoms with Gasteiger partial charge in [-0.15, -0.1) is 0 Å². The van der Waals surface area contributed by atoms with Crippen molar-refractivity contribution >= 4 is 16.9 Å². The highest BCUT2D eigenvalue weighted by molar-refractivity contribution is 5.81. The minimum Gasteiger partial charge on any atom is -0.494 e. The number of rotatable bonds is 8. The van der Waals surface area contributed by atoms with E-state index in [1.54, 1.807) is 0 Å². The quantitative estimate of drug-likeness (QED) is 0.349. The van der Waals surface area contributed by atoms with Crippen LogP contribution < -0.4 is 4.74 Å². The van der Waals surface area contributed by atoms with Crippen molar-refractivity contribution in [2.75, 3.05) is 13.2 Å². The first-order valence-electron chi connectivity index (χ1n) is 11.6. The lowest BCUT2D eigenvalue weighted by Gasteiger charge is -2.17. The SMILES string of the molecule is Cc1cccc(OCCCn2c([C@@H]3CC(=O)N(Cc4ccccc4)C3)nc3ccccc32)c1. The van der Waals surface area contributed by atoms with Gasteiger partial charge in [0.05, 0.1) is 17.6 Å². The van der Waals surface area contributed by atoms with E-state index in [2.05, 4.69) is 54.0 Å². The normalized spacial score (nSPS) is 16.0. The summed E-state index contributed by atoms with van der Waals surface area (Å²) >= 11 is 0. The molecule has 1 aliphatic rings. The summed E-state index contributed by atoms with van der Waals surface area (Å²) in [5.74, 6) is 2.22. The van der Waals surface area contributed by atoms with E-state index in [4.69, 9.17) is 9.72 Å². The second-order valence-electron chi connectivity index (χ2n) is 8.79. The molecule has 0 N–H and O–H groups in total. The molecule has 0 radical (unpaired) electrons. The second-order valence-corrected chi connectivity index (χ2v) is 8.79. The van der Waals surface area contributed by atoms with Crippen molar-refractivity contribution in [2.45, 2.75) is 38.8 Å². The molecule has 0 saturated carbocycles. The molecule has 1 aliphatic heterocycles. The van der Waals surface area contributed by atoms with Crippen LogP contribution in [0, 0.1) is 6.92 Å². The van der Waals surface area contributed by atoms with Gasteiger partial charge in [0.2, 0.25) is 5.91 Å². The molecule has 1 amide bonds. The number of hydrogen-bond acceptors (Lipinski definition) is 3. The van der Waals surface area contributed by atoms with E-state index in [9.17, 15) is 4.79 Å². The molecule has 0 bridgehead atoms. The maximum atomic E-state index is 12.8. The zero-order chi connectivity index (χ0) is 22.6. The average Bonchev–Trinajstić information content (AvgIpc) is 3.38. The molecular weight excluding hydrogens is 410 g/mol. The molecule has 0 unspecified atom stereocenters. The van der Waals surface area contributed by atoms with E-state index >= 15 is 0 Å². The van der Waals surface area contributed by atoms with E-state index in [1.165, 1.54) is 5.56 Å². The van der Waals surface area contributed by atoms with Gasteiger partial charge in [-0.3, -0.25) is 4.79 Å². The number of amides is 1. The number of fused-ring (bicyclic) bond motifs is 1. The Morgan fingerprint density at radius 2 is 1.82 bits per heavy atom. The third kappa shape index (κ3) is 4.77. The van der Waals surface area contributed by atoms with Crippen LogP contribution in [0.1, 0.15) is 35.7 Å². The van der Waals surface area contributed by atoms with Crippen molar-refractivity contribution in [1.82, 2.24) is 14.5 Å². The molecule has 168 valence electrons. The number of benzene rings is 3. The van der Waals surface area contributed by atoms with Crippen LogP contribution in [0.4, 0.5) is 0 Å². The molecule has 1 saturated heterocycles. The summed E-state index contributed by atoms with van der Waals surface area (Å²) in [4.78, 5) is 19.7. The second kappa shape index (κ2) is 9.49. The van der Waals surface area contributed by atoms with Crippen LogP contribution in [0.2, 0.25) is 0 Å². The standard InChI is InChI=1S/C28H29N3O2/c1-21-9-7-12-24(17-21)33-16-8-15-31-26-14-6-5-13-25(26)29-28(31)23-18-27(32)30(20-23)19-22-10-3-2-4-11-22/h2-7,9-14,17,23H,8,15-16,18-20H2,1H3/t23-/m1/s1. The molecule has 0 spiro atoms. The highest BCUT2D eigenvalue weighted by atomic mass is 16.5. The fourth-order valence-electron chi connectivity index (χ4n) is 4.66. The van der Waals surface area contributed by atoms with Gasteiger partial charge in [-0.2, -0.15) is 0 Å². The van der Waals surface area contributed by atoms with Gasteiger partial charge in [-0.05, 0) is 48.7 Å². The largest absolute Gasteiger partial charge is 0.494 e. The molecule has 5 nitrogen and oxygen atoms in total. The number of hydrogen-bond donors (Lipinski definition) is 0. The zero-order valence-electron chi connectivity index (χ0n) is 19.0. The Kier molecular flexibility index (Phi) is 6.11. The molecule has 4 aromatic rings. The summed E-state index contributed by atoms with van der Waals surface area (Å²) in [6.45, 7) is 4.88. The minimum atomic E-state index is 0.103. The van der Waals surface area contributed by atoms with Crippen molar-refractivity contribution in [3.63, 3.8) is 0 Å². The smallest absolute Gasteiger partial charge is 0.223 e. The fraction of sp³-hybridized carbons (Fsp3) is 0.286. The molecule has 5 heteroatoms. The summed E-state index contributed by atoms with van der Waals surface area (Å²) in [5.41, 5.74) is 4.47. The van der Waals surface area contributed by atoms with Crippen molar-refractivity contribution in [3.05, 3.63) is 95.8 Å². The number of nitrogens with zero attached hydrogens (tertiary/aromatic N) is 3. The van der Waals surface area contributed by atoms with Gasteiger partial charge >= 0.3 is 0 Å². The highest BCUT2D eigenvalue weighted by Crippen LogP contribution is 2.31. The van der Waals surface area contributed by atoms with E-state index < -0.39 is 0 Å². The van der Waals surface area contributed by atoms with E-state index in [1.807, 2.05) is 41.3 Å². The van der Waals surface area contributed by atoms with Crippen LogP contribution in [0.5, 0.6) is 5.75 Å². The van der Waals surface area contributed by atoms with Crippen LogP contribution in [0.25, 0.3) is 11.0 Å². The van der Waals surface area contributed by atoms with Crippen LogP contribution in [-0.2, 0) is 17.9 Å². The molecule has 0 aliphatic carbocycles. The number of imidazole rings is 1. The van der Waals surface area contributed by atoms with Crippen molar-refractivity contribution < 1.29 is 9.53 Å². The first-order valence-corrected chi connectivity index (χ1v) is 11.6. The Morgan fingerprint density at radius 1 is 1.00 bits per heavy atom. The van der Waals surface area contributed by atoms with Gasteiger partial charge in [-0.25, -0.2) is 4.98 Å². The Hall–Kier alpha value is -3.60. The maximum absolute atomic E-state index is 12.8. The van der Waals surface area contributed by atoms with Crippen LogP contribution in [-0.4, -0.2) is 33.5 Å². The topological polar surface area (TPSA) is 47.4 Å². The van der Waals surface area contributed by atoms with Crippen LogP contribution in [0.15, 0.2) is 78.9 Å². The van der Waals surface area contributed by atoms with Crippen LogP contribution in [0.3, 0.4) is 0 Å². The van der Waals surface area contributed by atoms with Gasteiger partial charge in [0.15, 0.2) is 0 Å². The molecule has 2 heterocycles. The van der Waals surface area contributed by atoms with Gasteiger partial charge in [0.25, 0.3) is 0 Å². The lowest BCUT2D eigenvalue weighted by molar-refractivity contribution is -0.128. The molecule has 1 fully saturated rings. The average molecular weight is 440 g/mol. The van der Waals surface area contributed by atoms with Gasteiger partial charge in [0, 0.05) is 32.0 Å². The summed E-state index contributed by atoms with van der Waals surface area (Å²) in [5, 5.41) is 0. The summed E-state index contributed by atoms with van der Waals surface area (Å²) in [6, 6.07) is 26.6. The van der Waals surface area contributed by atoms with Gasteiger partial charge in [-0.1, -0.05) is 54.6 Å². The third-order valence-corrected chi connectivity index (χ3v) is 6.26. The van der Waals surface area contributed by atoms with E-state index in [-0.39, 0.29) is 11.8 Å². The summed E-state index contributed by atoms with van der Waals surface area (Å²) in [7, 11) is 0. The monoisotopic (exact) mass is 439 g/mol.